The molecule has 2 aromatic rings. The molecular formula is C19H24N2O5S2. The van der Waals surface area contributed by atoms with E-state index in [1.165, 1.54) is 11.3 Å². The maximum Gasteiger partial charge on any atom is 0.273 e. The van der Waals surface area contributed by atoms with Gasteiger partial charge in [0, 0.05) is 23.5 Å². The second kappa shape index (κ2) is 8.48. The number of methoxy groups -OCH3 is 2. The Bertz CT molecular complexity index is 955. The van der Waals surface area contributed by atoms with Crippen LogP contribution in [-0.2, 0) is 9.84 Å². The van der Waals surface area contributed by atoms with E-state index in [0.29, 0.717) is 35.2 Å². The lowest BCUT2D eigenvalue weighted by molar-refractivity contribution is 0.0692. The van der Waals surface area contributed by atoms with E-state index in [4.69, 9.17) is 9.47 Å². The van der Waals surface area contributed by atoms with Gasteiger partial charge >= 0.3 is 0 Å². The fourth-order valence-corrected chi connectivity index (χ4v) is 5.85. The third-order valence-electron chi connectivity index (χ3n) is 4.73. The molecule has 1 aliphatic rings. The van der Waals surface area contributed by atoms with Gasteiger partial charge < -0.3 is 14.4 Å². The minimum Gasteiger partial charge on any atom is -0.493 e. The predicted molar refractivity (Wildman–Crippen MR) is 109 cm³/mol. The van der Waals surface area contributed by atoms with Crippen LogP contribution in [0.2, 0.25) is 0 Å². The summed E-state index contributed by atoms with van der Waals surface area (Å²) in [7, 11) is 0.0748. The number of ether oxygens (including phenoxy) is 2. The smallest absolute Gasteiger partial charge is 0.273 e. The van der Waals surface area contributed by atoms with Crippen LogP contribution in [0.25, 0.3) is 10.6 Å². The van der Waals surface area contributed by atoms with Crippen molar-refractivity contribution in [2.45, 2.75) is 25.8 Å². The number of thiazole rings is 1. The zero-order valence-corrected chi connectivity index (χ0v) is 17.8. The fraction of sp³-hybridized carbons (Fsp3) is 0.474. The zero-order chi connectivity index (χ0) is 20.3. The van der Waals surface area contributed by atoms with Gasteiger partial charge in [-0.1, -0.05) is 6.92 Å². The summed E-state index contributed by atoms with van der Waals surface area (Å²) in [6.07, 6.45) is 1.25. The summed E-state index contributed by atoms with van der Waals surface area (Å²) in [5.74, 6) is 1.17. The normalized spacial score (nSPS) is 18.0. The van der Waals surface area contributed by atoms with Gasteiger partial charge in [-0.3, -0.25) is 4.79 Å². The maximum absolute atomic E-state index is 13.0. The van der Waals surface area contributed by atoms with E-state index in [9.17, 15) is 13.2 Å². The molecule has 0 bridgehead atoms. The van der Waals surface area contributed by atoms with Gasteiger partial charge in [0.15, 0.2) is 21.3 Å². The number of aromatic nitrogens is 1. The number of hydrogen-bond donors (Lipinski definition) is 0. The monoisotopic (exact) mass is 424 g/mol. The number of amides is 1. The summed E-state index contributed by atoms with van der Waals surface area (Å²) in [5.41, 5.74) is 1.17. The molecule has 1 aromatic carbocycles. The molecular weight excluding hydrogens is 400 g/mol. The number of benzene rings is 1. The third kappa shape index (κ3) is 4.30. The Morgan fingerprint density at radius 2 is 2.04 bits per heavy atom. The van der Waals surface area contributed by atoms with Crippen molar-refractivity contribution < 1.29 is 22.7 Å². The third-order valence-corrected chi connectivity index (χ3v) is 7.37. The number of carbonyl (C=O) groups excluding carboxylic acids is 1. The summed E-state index contributed by atoms with van der Waals surface area (Å²) < 4.78 is 34.3. The van der Waals surface area contributed by atoms with Gasteiger partial charge in [-0.05, 0) is 31.0 Å². The molecule has 0 N–H and O–H groups in total. The SMILES string of the molecule is CCCN(C(=O)c1csc(-c2ccc(OC)c(OC)c2)n1)[C@@H]1CCS(=O)(=O)C1. The molecule has 1 aromatic heterocycles. The quantitative estimate of drug-likeness (QED) is 0.679. The van der Waals surface area contributed by atoms with Gasteiger partial charge in [0.1, 0.15) is 10.7 Å². The van der Waals surface area contributed by atoms with E-state index in [-0.39, 0.29) is 23.5 Å². The first kappa shape index (κ1) is 20.6. The second-order valence-electron chi connectivity index (χ2n) is 6.66. The van der Waals surface area contributed by atoms with Crippen LogP contribution < -0.4 is 9.47 Å². The zero-order valence-electron chi connectivity index (χ0n) is 16.2. The summed E-state index contributed by atoms with van der Waals surface area (Å²) in [4.78, 5) is 19.2. The summed E-state index contributed by atoms with van der Waals surface area (Å²) in [5, 5.41) is 2.42. The van der Waals surface area contributed by atoms with E-state index in [0.717, 1.165) is 12.0 Å². The average Bonchev–Trinajstić information content (AvgIpc) is 3.31. The van der Waals surface area contributed by atoms with E-state index < -0.39 is 9.84 Å². The summed E-state index contributed by atoms with van der Waals surface area (Å²) in [6, 6.07) is 5.20. The Morgan fingerprint density at radius 1 is 1.29 bits per heavy atom. The van der Waals surface area contributed by atoms with Crippen molar-refractivity contribution in [3.8, 4) is 22.1 Å². The molecule has 1 fully saturated rings. The first-order chi connectivity index (χ1) is 13.4. The van der Waals surface area contributed by atoms with Gasteiger partial charge in [-0.25, -0.2) is 13.4 Å². The lowest BCUT2D eigenvalue weighted by atomic mass is 10.2. The molecule has 0 saturated carbocycles. The van der Waals surface area contributed by atoms with Crippen LogP contribution in [0, 0.1) is 0 Å². The van der Waals surface area contributed by atoms with Crippen LogP contribution in [0.3, 0.4) is 0 Å². The van der Waals surface area contributed by atoms with Crippen LogP contribution in [0.1, 0.15) is 30.3 Å². The van der Waals surface area contributed by atoms with Crippen LogP contribution in [0.5, 0.6) is 11.5 Å². The van der Waals surface area contributed by atoms with Gasteiger partial charge in [-0.15, -0.1) is 11.3 Å². The molecule has 1 aliphatic heterocycles. The van der Waals surface area contributed by atoms with Crippen molar-refractivity contribution in [1.82, 2.24) is 9.88 Å². The van der Waals surface area contributed by atoms with E-state index in [2.05, 4.69) is 4.98 Å². The lowest BCUT2D eigenvalue weighted by Crippen LogP contribution is -2.41. The summed E-state index contributed by atoms with van der Waals surface area (Å²) in [6.45, 7) is 2.49. The number of carbonyl (C=O) groups is 1. The number of sulfone groups is 1. The molecule has 152 valence electrons. The standard InChI is InChI=1S/C19H24N2O5S2/c1-4-8-21(14-7-9-28(23,24)12-14)19(22)15-11-27-18(20-15)13-5-6-16(25-2)17(10-13)26-3/h5-6,10-11,14H,4,7-9,12H2,1-3H3/t14-/m1/s1. The Kier molecular flexibility index (Phi) is 6.24. The first-order valence-electron chi connectivity index (χ1n) is 9.07. The van der Waals surface area contributed by atoms with Crippen molar-refractivity contribution in [3.05, 3.63) is 29.3 Å². The van der Waals surface area contributed by atoms with Crippen molar-refractivity contribution in [2.75, 3.05) is 32.3 Å². The minimum absolute atomic E-state index is 0.0331. The van der Waals surface area contributed by atoms with Crippen molar-refractivity contribution in [1.29, 1.82) is 0 Å². The highest BCUT2D eigenvalue weighted by Gasteiger charge is 2.35. The van der Waals surface area contributed by atoms with Crippen molar-refractivity contribution in [3.63, 3.8) is 0 Å². The average molecular weight is 425 g/mol. The molecule has 28 heavy (non-hydrogen) atoms. The molecule has 0 radical (unpaired) electrons. The van der Waals surface area contributed by atoms with Gasteiger partial charge in [-0.2, -0.15) is 0 Å². The highest BCUT2D eigenvalue weighted by Crippen LogP contribution is 2.34. The van der Waals surface area contributed by atoms with Crippen molar-refractivity contribution in [2.24, 2.45) is 0 Å². The van der Waals surface area contributed by atoms with Gasteiger partial charge in [0.25, 0.3) is 5.91 Å². The highest BCUT2D eigenvalue weighted by atomic mass is 32.2. The van der Waals surface area contributed by atoms with Gasteiger partial charge in [0.05, 0.1) is 25.7 Å². The molecule has 1 amide bonds. The molecule has 9 heteroatoms. The fourth-order valence-electron chi connectivity index (χ4n) is 3.33. The Balaban J connectivity index is 1.84. The second-order valence-corrected chi connectivity index (χ2v) is 9.75. The van der Waals surface area contributed by atoms with Crippen molar-refractivity contribution >= 4 is 27.1 Å². The van der Waals surface area contributed by atoms with E-state index >= 15 is 0 Å². The number of nitrogens with zero attached hydrogens (tertiary/aromatic N) is 2. The van der Waals surface area contributed by atoms with Crippen LogP contribution in [0.4, 0.5) is 0 Å². The Morgan fingerprint density at radius 3 is 2.64 bits per heavy atom. The molecule has 0 aliphatic carbocycles. The molecule has 2 heterocycles. The predicted octanol–water partition coefficient (Wildman–Crippen LogP) is 2.87. The van der Waals surface area contributed by atoms with Gasteiger partial charge in [0.2, 0.25) is 0 Å². The van der Waals surface area contributed by atoms with E-state index in [1.807, 2.05) is 19.1 Å². The lowest BCUT2D eigenvalue weighted by Gasteiger charge is -2.27. The van der Waals surface area contributed by atoms with E-state index in [1.54, 1.807) is 30.6 Å². The number of hydrogen-bond acceptors (Lipinski definition) is 7. The van der Waals surface area contributed by atoms with Crippen LogP contribution in [0.15, 0.2) is 23.6 Å². The molecule has 0 spiro atoms. The molecule has 1 saturated heterocycles. The molecule has 0 unspecified atom stereocenters. The first-order valence-corrected chi connectivity index (χ1v) is 11.8. The minimum atomic E-state index is -3.06. The Labute approximate surface area is 169 Å². The molecule has 1 atom stereocenters. The summed E-state index contributed by atoms with van der Waals surface area (Å²) >= 11 is 1.37. The maximum atomic E-state index is 13.0. The largest absolute Gasteiger partial charge is 0.493 e. The topological polar surface area (TPSA) is 85.8 Å². The highest BCUT2D eigenvalue weighted by molar-refractivity contribution is 7.91. The molecule has 7 nitrogen and oxygen atoms in total. The Hall–Kier alpha value is -2.13. The van der Waals surface area contributed by atoms with Crippen LogP contribution >= 0.6 is 11.3 Å². The van der Waals surface area contributed by atoms with Crippen LogP contribution in [-0.4, -0.2) is 62.5 Å². The number of rotatable bonds is 7. The molecule has 3 rings (SSSR count).